The Morgan fingerprint density at radius 1 is 0.625 bits per heavy atom. The molecule has 0 heterocycles. The molecule has 47 valence electrons. The second-order valence-electron chi connectivity index (χ2n) is 0. The van der Waals surface area contributed by atoms with E-state index in [-0.39, 0.29) is 102 Å². The molecule has 0 bridgehead atoms. The van der Waals surface area contributed by atoms with Gasteiger partial charge in [0.25, 0.3) is 0 Å². The summed E-state index contributed by atoms with van der Waals surface area (Å²) in [6, 6.07) is 0. The summed E-state index contributed by atoms with van der Waals surface area (Å²) in [5.74, 6) is 0. The molecule has 0 saturated heterocycles. The van der Waals surface area contributed by atoms with Crippen molar-refractivity contribution in [2.45, 2.75) is 0 Å². The standard InChI is InChI=1S/Al.Co.Na.Ni.4O/q+3;+2;+1;+2;4*-2. The molecule has 4 nitrogen and oxygen atoms in total. The normalized spacial score (nSPS) is 0. The van der Waals surface area contributed by atoms with Crippen molar-refractivity contribution in [3.8, 4) is 0 Å². The molecule has 0 saturated carbocycles. The molecule has 8 heavy (non-hydrogen) atoms. The van der Waals surface area contributed by atoms with Gasteiger partial charge in [-0.25, -0.2) is 0 Å². The van der Waals surface area contributed by atoms with E-state index >= 15 is 0 Å². The molecule has 0 aromatic heterocycles. The van der Waals surface area contributed by atoms with E-state index in [4.69, 9.17) is 0 Å². The van der Waals surface area contributed by atoms with E-state index in [0.717, 1.165) is 0 Å². The maximum absolute atomic E-state index is 0. The third kappa shape index (κ3) is 80.8. The third-order valence-corrected chi connectivity index (χ3v) is 0. The van der Waals surface area contributed by atoms with Crippen molar-refractivity contribution in [2.24, 2.45) is 0 Å². The van der Waals surface area contributed by atoms with Crippen molar-refractivity contribution < 1.29 is 84.7 Å². The SMILES string of the molecule is [Al+3].[Co+2].[Na+].[Ni+2].[O-2].[O-2].[O-2].[O-2]. The minimum absolute atomic E-state index is 0. The average Bonchev–Trinajstić information content (AvgIpc) is 0. The van der Waals surface area contributed by atoms with E-state index in [1.165, 1.54) is 0 Å². The molecule has 0 amide bonds. The first kappa shape index (κ1) is 162. The van der Waals surface area contributed by atoms with Gasteiger partial charge in [0.1, 0.15) is 0 Å². The molecular formula is AlCoNaNiO4. The Bertz CT molecular complexity index is 16.0. The minimum Gasteiger partial charge on any atom is -2.00 e. The molecule has 0 atom stereocenters. The quantitative estimate of drug-likeness (QED) is 0.380. The van der Waals surface area contributed by atoms with Gasteiger partial charge in [-0.05, 0) is 0 Å². The van der Waals surface area contributed by atoms with Gasteiger partial charge >= 0.3 is 80.2 Å². The van der Waals surface area contributed by atoms with Crippen LogP contribution < -0.4 is 29.6 Å². The van der Waals surface area contributed by atoms with Gasteiger partial charge < -0.3 is 21.9 Å². The van der Waals surface area contributed by atoms with Crippen LogP contribution in [0, 0.1) is 0 Å². The van der Waals surface area contributed by atoms with Gasteiger partial charge in [0.2, 0.25) is 0 Å². The van der Waals surface area contributed by atoms with Gasteiger partial charge in [-0.3, -0.25) is 0 Å². The minimum atomic E-state index is 0. The molecular weight excluding hydrogens is 232 g/mol. The van der Waals surface area contributed by atoms with Crippen LogP contribution in [0.4, 0.5) is 0 Å². The zero-order valence-electron chi connectivity index (χ0n) is 3.86. The summed E-state index contributed by atoms with van der Waals surface area (Å²) in [7, 11) is 0. The summed E-state index contributed by atoms with van der Waals surface area (Å²) in [5.41, 5.74) is 0. The summed E-state index contributed by atoms with van der Waals surface area (Å²) >= 11 is 0. The first-order valence-corrected chi connectivity index (χ1v) is 0. The summed E-state index contributed by atoms with van der Waals surface area (Å²) in [6.07, 6.45) is 0. The molecule has 0 spiro atoms. The average molecular weight is 232 g/mol. The monoisotopic (exact) mass is 231 g/mol. The van der Waals surface area contributed by atoms with Gasteiger partial charge in [0, 0.05) is 0 Å². The van der Waals surface area contributed by atoms with Crippen LogP contribution in [0.15, 0.2) is 0 Å². The summed E-state index contributed by atoms with van der Waals surface area (Å²) in [4.78, 5) is 0. The molecule has 0 aliphatic carbocycles. The fourth-order valence-corrected chi connectivity index (χ4v) is 0. The maximum Gasteiger partial charge on any atom is 3.00 e. The Hall–Kier alpha value is 2.37. The van der Waals surface area contributed by atoms with E-state index < -0.39 is 0 Å². The van der Waals surface area contributed by atoms with Crippen LogP contribution in [0.5, 0.6) is 0 Å². The smallest absolute Gasteiger partial charge is 2.00 e. The molecule has 0 aromatic carbocycles. The Morgan fingerprint density at radius 3 is 0.625 bits per heavy atom. The fraction of sp³-hybridized carbons (Fsp3) is 0. The molecule has 0 fully saturated rings. The molecule has 1 radical (unpaired) electrons. The van der Waals surface area contributed by atoms with Crippen LogP contribution in [-0.4, -0.2) is 17.4 Å². The van der Waals surface area contributed by atoms with Gasteiger partial charge in [-0.15, -0.1) is 0 Å². The van der Waals surface area contributed by atoms with Crippen molar-refractivity contribution in [1.29, 1.82) is 0 Å². The fourth-order valence-electron chi connectivity index (χ4n) is 0. The second-order valence-corrected chi connectivity index (χ2v) is 0. The van der Waals surface area contributed by atoms with Gasteiger partial charge in [0.15, 0.2) is 0 Å². The van der Waals surface area contributed by atoms with Crippen LogP contribution in [0.3, 0.4) is 0 Å². The van der Waals surface area contributed by atoms with E-state index in [2.05, 4.69) is 0 Å². The predicted octanol–water partition coefficient (Wildman–Crippen LogP) is -3.86. The molecule has 0 unspecified atom stereocenters. The number of hydrogen-bond donors (Lipinski definition) is 0. The van der Waals surface area contributed by atoms with Gasteiger partial charge in [-0.1, -0.05) is 0 Å². The van der Waals surface area contributed by atoms with Crippen molar-refractivity contribution in [3.63, 3.8) is 0 Å². The van der Waals surface area contributed by atoms with Gasteiger partial charge in [-0.2, -0.15) is 0 Å². The van der Waals surface area contributed by atoms with E-state index in [0.29, 0.717) is 0 Å². The van der Waals surface area contributed by atoms with Crippen molar-refractivity contribution in [1.82, 2.24) is 0 Å². The topological polar surface area (TPSA) is 114 Å². The van der Waals surface area contributed by atoms with Crippen LogP contribution >= 0.6 is 0 Å². The van der Waals surface area contributed by atoms with Crippen LogP contribution in [0.25, 0.3) is 0 Å². The van der Waals surface area contributed by atoms with Crippen molar-refractivity contribution in [2.75, 3.05) is 0 Å². The molecule has 0 aliphatic rings. The van der Waals surface area contributed by atoms with Crippen molar-refractivity contribution >= 4 is 17.4 Å². The predicted molar refractivity (Wildman–Crippen MR) is 8.50 cm³/mol. The van der Waals surface area contributed by atoms with Crippen LogP contribution in [0.1, 0.15) is 0 Å². The van der Waals surface area contributed by atoms with E-state index in [9.17, 15) is 0 Å². The number of hydrogen-bond acceptors (Lipinski definition) is 0. The molecule has 0 rings (SSSR count). The Morgan fingerprint density at radius 2 is 0.625 bits per heavy atom. The third-order valence-electron chi connectivity index (χ3n) is 0. The first-order chi connectivity index (χ1) is 0. The Kier molecular flexibility index (Phi) is 2360. The first-order valence-electron chi connectivity index (χ1n) is 0. The molecule has 0 aliphatic heterocycles. The Labute approximate surface area is 101 Å². The summed E-state index contributed by atoms with van der Waals surface area (Å²) in [6.45, 7) is 0. The van der Waals surface area contributed by atoms with Crippen molar-refractivity contribution in [3.05, 3.63) is 0 Å². The summed E-state index contributed by atoms with van der Waals surface area (Å²) in [5, 5.41) is 0. The largest absolute Gasteiger partial charge is 3.00 e. The summed E-state index contributed by atoms with van der Waals surface area (Å²) < 4.78 is 0. The molecule has 0 aromatic rings. The van der Waals surface area contributed by atoms with Gasteiger partial charge in [0.05, 0.1) is 0 Å². The zero-order valence-corrected chi connectivity index (χ0v) is 9.04. The molecule has 0 N–H and O–H groups in total. The van der Waals surface area contributed by atoms with E-state index in [1.807, 2.05) is 0 Å². The Balaban J connectivity index is 0. The maximum atomic E-state index is 0. The van der Waals surface area contributed by atoms with E-state index in [1.54, 1.807) is 0 Å². The number of rotatable bonds is 0. The zero-order chi connectivity index (χ0) is 0. The second kappa shape index (κ2) is 117. The van der Waals surface area contributed by atoms with Crippen LogP contribution in [0.2, 0.25) is 0 Å². The van der Waals surface area contributed by atoms with Crippen LogP contribution in [-0.2, 0) is 55.2 Å². The molecule has 8 heteroatoms.